The molecule has 0 aliphatic rings. The lowest BCUT2D eigenvalue weighted by Gasteiger charge is -2.18. The van der Waals surface area contributed by atoms with Gasteiger partial charge in [0.2, 0.25) is 0 Å². The average Bonchev–Trinajstić information content (AvgIpc) is 2.30. The molecule has 1 unspecified atom stereocenters. The van der Waals surface area contributed by atoms with Crippen molar-refractivity contribution in [2.24, 2.45) is 5.41 Å². The van der Waals surface area contributed by atoms with Crippen LogP contribution in [0.4, 0.5) is 0 Å². The third-order valence-electron chi connectivity index (χ3n) is 2.93. The molecule has 0 radical (unpaired) electrons. The van der Waals surface area contributed by atoms with Gasteiger partial charge in [0.15, 0.2) is 0 Å². The predicted octanol–water partition coefficient (Wildman–Crippen LogP) is 3.15. The lowest BCUT2D eigenvalue weighted by molar-refractivity contribution is 0.413. The molecule has 92 valence electrons. The van der Waals surface area contributed by atoms with Crippen molar-refractivity contribution >= 4 is 0 Å². The highest BCUT2D eigenvalue weighted by molar-refractivity contribution is 5.15. The van der Waals surface area contributed by atoms with Gasteiger partial charge in [0.05, 0.1) is 11.5 Å². The van der Waals surface area contributed by atoms with Gasteiger partial charge in [-0.2, -0.15) is 5.26 Å². The van der Waals surface area contributed by atoms with Gasteiger partial charge in [0.1, 0.15) is 0 Å². The van der Waals surface area contributed by atoms with Crippen molar-refractivity contribution in [3.8, 4) is 6.07 Å². The van der Waals surface area contributed by atoms with Crippen LogP contribution >= 0.6 is 0 Å². The average molecular weight is 230 g/mol. The summed E-state index contributed by atoms with van der Waals surface area (Å²) in [7, 11) is 0. The van der Waals surface area contributed by atoms with E-state index < -0.39 is 0 Å². The van der Waals surface area contributed by atoms with Gasteiger partial charge in [-0.15, -0.1) is 0 Å². The molecular formula is C15H22N2. The van der Waals surface area contributed by atoms with Gasteiger partial charge in [0, 0.05) is 6.04 Å². The molecular weight excluding hydrogens is 208 g/mol. The Labute approximate surface area is 105 Å². The highest BCUT2D eigenvalue weighted by atomic mass is 14.9. The normalized spacial score (nSPS) is 13.1. The summed E-state index contributed by atoms with van der Waals surface area (Å²) in [6.45, 7) is 7.05. The topological polar surface area (TPSA) is 35.8 Å². The van der Waals surface area contributed by atoms with Crippen molar-refractivity contribution in [1.29, 1.82) is 5.26 Å². The molecule has 1 aromatic rings. The highest BCUT2D eigenvalue weighted by Crippen LogP contribution is 2.17. The smallest absolute Gasteiger partial charge is 0.0684 e. The Bertz CT molecular complexity index is 362. The number of rotatable bonds is 6. The molecule has 2 nitrogen and oxygen atoms in total. The Morgan fingerprint density at radius 2 is 1.94 bits per heavy atom. The van der Waals surface area contributed by atoms with E-state index in [0.717, 1.165) is 19.4 Å². The minimum absolute atomic E-state index is 0.223. The molecule has 0 saturated heterocycles. The van der Waals surface area contributed by atoms with E-state index in [0.29, 0.717) is 6.04 Å². The molecule has 1 rings (SSSR count). The van der Waals surface area contributed by atoms with E-state index in [-0.39, 0.29) is 5.41 Å². The zero-order chi connectivity index (χ0) is 12.7. The SMILES string of the molecule is CC(Cc1ccccc1)NCCC(C)(C)C#N. The van der Waals surface area contributed by atoms with Gasteiger partial charge in [-0.1, -0.05) is 30.3 Å². The predicted molar refractivity (Wildman–Crippen MR) is 71.6 cm³/mol. The Balaban J connectivity index is 2.27. The van der Waals surface area contributed by atoms with E-state index >= 15 is 0 Å². The lowest BCUT2D eigenvalue weighted by Crippen LogP contribution is -2.31. The Hall–Kier alpha value is -1.33. The quantitative estimate of drug-likeness (QED) is 0.815. The molecule has 2 heteroatoms. The van der Waals surface area contributed by atoms with E-state index in [2.05, 4.69) is 42.6 Å². The molecule has 1 aromatic carbocycles. The summed E-state index contributed by atoms with van der Waals surface area (Å²) in [6.07, 6.45) is 1.93. The monoisotopic (exact) mass is 230 g/mol. The molecule has 17 heavy (non-hydrogen) atoms. The van der Waals surface area contributed by atoms with Crippen LogP contribution in [0.2, 0.25) is 0 Å². The summed E-state index contributed by atoms with van der Waals surface area (Å²) in [5.41, 5.74) is 1.13. The molecule has 0 aliphatic heterocycles. The van der Waals surface area contributed by atoms with Crippen LogP contribution in [0.3, 0.4) is 0 Å². The molecule has 0 spiro atoms. The van der Waals surface area contributed by atoms with Crippen molar-refractivity contribution in [3.05, 3.63) is 35.9 Å². The maximum absolute atomic E-state index is 8.92. The molecule has 0 heterocycles. The van der Waals surface area contributed by atoms with Crippen molar-refractivity contribution in [3.63, 3.8) is 0 Å². The van der Waals surface area contributed by atoms with E-state index in [9.17, 15) is 0 Å². The Kier molecular flexibility index (Phi) is 5.18. The summed E-state index contributed by atoms with van der Waals surface area (Å²) in [6, 6.07) is 13.3. The molecule has 1 N–H and O–H groups in total. The van der Waals surface area contributed by atoms with Gasteiger partial charge in [-0.05, 0) is 45.7 Å². The fraction of sp³-hybridized carbons (Fsp3) is 0.533. The van der Waals surface area contributed by atoms with Crippen molar-refractivity contribution < 1.29 is 0 Å². The zero-order valence-electron chi connectivity index (χ0n) is 11.0. The minimum atomic E-state index is -0.223. The first kappa shape index (κ1) is 13.7. The number of nitrogens with zero attached hydrogens (tertiary/aromatic N) is 1. The second-order valence-corrected chi connectivity index (χ2v) is 5.29. The number of nitriles is 1. The van der Waals surface area contributed by atoms with Gasteiger partial charge in [-0.25, -0.2) is 0 Å². The van der Waals surface area contributed by atoms with E-state index in [4.69, 9.17) is 5.26 Å². The summed E-state index contributed by atoms with van der Waals surface area (Å²) in [5.74, 6) is 0. The van der Waals surface area contributed by atoms with Crippen LogP contribution < -0.4 is 5.32 Å². The van der Waals surface area contributed by atoms with Crippen LogP contribution in [0.25, 0.3) is 0 Å². The van der Waals surface area contributed by atoms with Crippen LogP contribution in [0.5, 0.6) is 0 Å². The maximum Gasteiger partial charge on any atom is 0.0684 e. The molecule has 0 amide bonds. The lowest BCUT2D eigenvalue weighted by atomic mass is 9.91. The fourth-order valence-corrected chi connectivity index (χ4v) is 1.73. The van der Waals surface area contributed by atoms with Crippen LogP contribution in [0, 0.1) is 16.7 Å². The standard InChI is InChI=1S/C15H22N2/c1-13(11-14-7-5-4-6-8-14)17-10-9-15(2,3)12-16/h4-8,13,17H,9-11H2,1-3H3. The molecule has 0 fully saturated rings. The number of hydrogen-bond acceptors (Lipinski definition) is 2. The molecule has 0 aliphatic carbocycles. The summed E-state index contributed by atoms with van der Waals surface area (Å²) in [4.78, 5) is 0. The van der Waals surface area contributed by atoms with Crippen LogP contribution in [0.15, 0.2) is 30.3 Å². The third kappa shape index (κ3) is 5.51. The summed E-state index contributed by atoms with van der Waals surface area (Å²) in [5, 5.41) is 12.4. The van der Waals surface area contributed by atoms with Crippen molar-refractivity contribution in [1.82, 2.24) is 5.32 Å². The first-order valence-electron chi connectivity index (χ1n) is 6.22. The first-order valence-corrected chi connectivity index (χ1v) is 6.22. The highest BCUT2D eigenvalue weighted by Gasteiger charge is 2.16. The van der Waals surface area contributed by atoms with Crippen LogP contribution in [-0.2, 0) is 6.42 Å². The second-order valence-electron chi connectivity index (χ2n) is 5.29. The maximum atomic E-state index is 8.92. The molecule has 0 bridgehead atoms. The van der Waals surface area contributed by atoms with E-state index in [1.165, 1.54) is 5.56 Å². The van der Waals surface area contributed by atoms with Gasteiger partial charge >= 0.3 is 0 Å². The Morgan fingerprint density at radius 1 is 1.29 bits per heavy atom. The molecule has 0 saturated carbocycles. The van der Waals surface area contributed by atoms with Crippen LogP contribution in [0.1, 0.15) is 32.8 Å². The van der Waals surface area contributed by atoms with Crippen molar-refractivity contribution in [2.45, 2.75) is 39.7 Å². The van der Waals surface area contributed by atoms with E-state index in [1.807, 2.05) is 19.9 Å². The number of benzene rings is 1. The zero-order valence-corrected chi connectivity index (χ0v) is 11.0. The molecule has 0 aromatic heterocycles. The molecule has 1 atom stereocenters. The summed E-state index contributed by atoms with van der Waals surface area (Å²) >= 11 is 0. The van der Waals surface area contributed by atoms with E-state index in [1.54, 1.807) is 0 Å². The minimum Gasteiger partial charge on any atom is -0.314 e. The van der Waals surface area contributed by atoms with Crippen LogP contribution in [-0.4, -0.2) is 12.6 Å². The fourth-order valence-electron chi connectivity index (χ4n) is 1.73. The number of hydrogen-bond donors (Lipinski definition) is 1. The Morgan fingerprint density at radius 3 is 2.53 bits per heavy atom. The number of nitrogens with one attached hydrogen (secondary N) is 1. The van der Waals surface area contributed by atoms with Gasteiger partial charge < -0.3 is 5.32 Å². The largest absolute Gasteiger partial charge is 0.314 e. The first-order chi connectivity index (χ1) is 8.03. The second kappa shape index (κ2) is 6.42. The third-order valence-corrected chi connectivity index (χ3v) is 2.93. The van der Waals surface area contributed by atoms with Crippen molar-refractivity contribution in [2.75, 3.05) is 6.54 Å². The van der Waals surface area contributed by atoms with Gasteiger partial charge in [0.25, 0.3) is 0 Å². The van der Waals surface area contributed by atoms with Gasteiger partial charge in [-0.3, -0.25) is 0 Å². The summed E-state index contributed by atoms with van der Waals surface area (Å²) < 4.78 is 0.